The van der Waals surface area contributed by atoms with Crippen LogP contribution in [0.15, 0.2) is 36.4 Å². The van der Waals surface area contributed by atoms with E-state index in [-0.39, 0.29) is 11.1 Å². The molecule has 0 fully saturated rings. The molecule has 0 amide bonds. The molecule has 2 aromatic rings. The largest absolute Gasteiger partial charge is 0.207 e. The zero-order chi connectivity index (χ0) is 12.4. The summed E-state index contributed by atoms with van der Waals surface area (Å²) in [5.74, 6) is -2.89. The van der Waals surface area contributed by atoms with E-state index < -0.39 is 17.5 Å². The van der Waals surface area contributed by atoms with Gasteiger partial charge in [-0.2, -0.15) is 5.26 Å². The standard InChI is InChI=1S/C13H6F3N/c14-10-5-11(15)13(12(16)6-10)9-3-1-8(7-17)2-4-9/h1-6H. The van der Waals surface area contributed by atoms with Crippen molar-refractivity contribution in [2.24, 2.45) is 0 Å². The lowest BCUT2D eigenvalue weighted by Crippen LogP contribution is -1.92. The van der Waals surface area contributed by atoms with Crippen LogP contribution in [0.2, 0.25) is 0 Å². The average Bonchev–Trinajstić information content (AvgIpc) is 2.28. The van der Waals surface area contributed by atoms with E-state index >= 15 is 0 Å². The van der Waals surface area contributed by atoms with Crippen molar-refractivity contribution in [1.82, 2.24) is 0 Å². The molecule has 2 rings (SSSR count). The molecule has 0 atom stereocenters. The molecular weight excluding hydrogens is 227 g/mol. The van der Waals surface area contributed by atoms with Crippen LogP contribution in [-0.4, -0.2) is 0 Å². The van der Waals surface area contributed by atoms with E-state index in [9.17, 15) is 13.2 Å². The molecular formula is C13H6F3N. The van der Waals surface area contributed by atoms with Crippen molar-refractivity contribution in [3.63, 3.8) is 0 Å². The molecule has 0 saturated heterocycles. The number of benzene rings is 2. The number of nitrogens with zero attached hydrogens (tertiary/aromatic N) is 1. The summed E-state index contributed by atoms with van der Waals surface area (Å²) in [5, 5.41) is 8.60. The first kappa shape index (κ1) is 11.2. The third-order valence-electron chi connectivity index (χ3n) is 2.31. The van der Waals surface area contributed by atoms with Crippen molar-refractivity contribution in [2.45, 2.75) is 0 Å². The second kappa shape index (κ2) is 4.30. The minimum absolute atomic E-state index is 0.263. The topological polar surface area (TPSA) is 23.8 Å². The first-order chi connectivity index (χ1) is 8.11. The van der Waals surface area contributed by atoms with Crippen LogP contribution in [0.4, 0.5) is 13.2 Å². The van der Waals surface area contributed by atoms with Crippen molar-refractivity contribution in [3.8, 4) is 17.2 Å². The Bertz CT molecular complexity index is 574. The molecule has 0 aliphatic heterocycles. The van der Waals surface area contributed by atoms with E-state index in [1.807, 2.05) is 6.07 Å². The van der Waals surface area contributed by atoms with Crippen molar-refractivity contribution in [3.05, 3.63) is 59.4 Å². The number of halogens is 3. The van der Waals surface area contributed by atoms with Gasteiger partial charge in [0.1, 0.15) is 17.5 Å². The van der Waals surface area contributed by atoms with E-state index in [1.54, 1.807) is 0 Å². The Hall–Kier alpha value is -2.28. The van der Waals surface area contributed by atoms with Crippen molar-refractivity contribution in [2.75, 3.05) is 0 Å². The fourth-order valence-corrected chi connectivity index (χ4v) is 1.53. The predicted octanol–water partition coefficient (Wildman–Crippen LogP) is 3.64. The summed E-state index contributed by atoms with van der Waals surface area (Å²) in [6, 6.07) is 8.85. The highest BCUT2D eigenvalue weighted by Gasteiger charge is 2.13. The Kier molecular flexibility index (Phi) is 2.84. The SMILES string of the molecule is N#Cc1ccc(-c2c(F)cc(F)cc2F)cc1. The van der Waals surface area contributed by atoms with Crippen LogP contribution < -0.4 is 0 Å². The van der Waals surface area contributed by atoms with Crippen molar-refractivity contribution < 1.29 is 13.2 Å². The van der Waals surface area contributed by atoms with E-state index in [0.717, 1.165) is 0 Å². The van der Waals surface area contributed by atoms with Gasteiger partial charge >= 0.3 is 0 Å². The van der Waals surface area contributed by atoms with Crippen LogP contribution in [-0.2, 0) is 0 Å². The summed E-state index contributed by atoms with van der Waals surface area (Å²) >= 11 is 0. The summed E-state index contributed by atoms with van der Waals surface area (Å²) in [4.78, 5) is 0. The summed E-state index contributed by atoms with van der Waals surface area (Å²) in [6.45, 7) is 0. The van der Waals surface area contributed by atoms with Crippen LogP contribution in [0.1, 0.15) is 5.56 Å². The van der Waals surface area contributed by atoms with Gasteiger partial charge in [-0.1, -0.05) is 12.1 Å². The highest BCUT2D eigenvalue weighted by molar-refractivity contribution is 5.65. The van der Waals surface area contributed by atoms with Crippen LogP contribution >= 0.6 is 0 Å². The summed E-state index contributed by atoms with van der Waals surface area (Å²) in [6.07, 6.45) is 0. The Morgan fingerprint density at radius 1 is 0.882 bits per heavy atom. The maximum atomic E-state index is 13.4. The Labute approximate surface area is 95.7 Å². The lowest BCUT2D eigenvalue weighted by atomic mass is 10.0. The van der Waals surface area contributed by atoms with E-state index in [2.05, 4.69) is 0 Å². The van der Waals surface area contributed by atoms with Crippen LogP contribution in [0.3, 0.4) is 0 Å². The van der Waals surface area contributed by atoms with Gasteiger partial charge in [0.2, 0.25) is 0 Å². The second-order valence-corrected chi connectivity index (χ2v) is 3.43. The van der Waals surface area contributed by atoms with E-state index in [1.165, 1.54) is 24.3 Å². The first-order valence-electron chi connectivity index (χ1n) is 4.77. The molecule has 0 N–H and O–H groups in total. The molecule has 0 spiro atoms. The quantitative estimate of drug-likeness (QED) is 0.737. The highest BCUT2D eigenvalue weighted by Crippen LogP contribution is 2.27. The van der Waals surface area contributed by atoms with Gasteiger partial charge in [0.25, 0.3) is 0 Å². The van der Waals surface area contributed by atoms with E-state index in [4.69, 9.17) is 5.26 Å². The predicted molar refractivity (Wildman–Crippen MR) is 56.5 cm³/mol. The maximum Gasteiger partial charge on any atom is 0.136 e. The van der Waals surface area contributed by atoms with Crippen molar-refractivity contribution >= 4 is 0 Å². The number of nitriles is 1. The van der Waals surface area contributed by atoms with Gasteiger partial charge < -0.3 is 0 Å². The van der Waals surface area contributed by atoms with Crippen LogP contribution in [0, 0.1) is 28.8 Å². The third-order valence-corrected chi connectivity index (χ3v) is 2.31. The Balaban J connectivity index is 2.57. The molecule has 4 heteroatoms. The lowest BCUT2D eigenvalue weighted by molar-refractivity contribution is 0.548. The molecule has 84 valence electrons. The molecule has 0 saturated carbocycles. The summed E-state index contributed by atoms with van der Waals surface area (Å²) < 4.78 is 39.6. The van der Waals surface area contributed by atoms with Crippen molar-refractivity contribution in [1.29, 1.82) is 5.26 Å². The molecule has 0 bridgehead atoms. The lowest BCUT2D eigenvalue weighted by Gasteiger charge is -2.05. The Morgan fingerprint density at radius 3 is 1.88 bits per heavy atom. The zero-order valence-corrected chi connectivity index (χ0v) is 8.55. The molecule has 0 aliphatic rings. The summed E-state index contributed by atoms with van der Waals surface area (Å²) in [5.41, 5.74) is 0.353. The fraction of sp³-hybridized carbons (Fsp3) is 0. The number of hydrogen-bond donors (Lipinski definition) is 0. The van der Waals surface area contributed by atoms with Gasteiger partial charge in [-0.25, -0.2) is 13.2 Å². The smallest absolute Gasteiger partial charge is 0.136 e. The fourth-order valence-electron chi connectivity index (χ4n) is 1.53. The Morgan fingerprint density at radius 2 is 1.41 bits per heavy atom. The average molecular weight is 233 g/mol. The third kappa shape index (κ3) is 2.13. The normalized spacial score (nSPS) is 10.0. The highest BCUT2D eigenvalue weighted by atomic mass is 19.1. The molecule has 17 heavy (non-hydrogen) atoms. The van der Waals surface area contributed by atoms with Gasteiger partial charge in [0.15, 0.2) is 0 Å². The minimum Gasteiger partial charge on any atom is -0.207 e. The molecule has 0 aromatic heterocycles. The summed E-state index contributed by atoms with van der Waals surface area (Å²) in [7, 11) is 0. The van der Waals surface area contributed by atoms with E-state index in [0.29, 0.717) is 17.7 Å². The van der Waals surface area contributed by atoms with Gasteiger partial charge in [-0.15, -0.1) is 0 Å². The first-order valence-corrected chi connectivity index (χ1v) is 4.77. The minimum atomic E-state index is -0.966. The molecule has 1 nitrogen and oxygen atoms in total. The van der Waals surface area contributed by atoms with Gasteiger partial charge in [-0.3, -0.25) is 0 Å². The maximum absolute atomic E-state index is 13.4. The van der Waals surface area contributed by atoms with Crippen LogP contribution in [0.5, 0.6) is 0 Å². The molecule has 0 radical (unpaired) electrons. The molecule has 0 heterocycles. The number of hydrogen-bond acceptors (Lipinski definition) is 1. The second-order valence-electron chi connectivity index (χ2n) is 3.43. The molecule has 0 unspecified atom stereocenters. The molecule has 2 aromatic carbocycles. The monoisotopic (exact) mass is 233 g/mol. The van der Waals surface area contributed by atoms with Gasteiger partial charge in [-0.05, 0) is 17.7 Å². The van der Waals surface area contributed by atoms with Gasteiger partial charge in [0, 0.05) is 12.1 Å². The van der Waals surface area contributed by atoms with Crippen LogP contribution in [0.25, 0.3) is 11.1 Å². The van der Waals surface area contributed by atoms with Gasteiger partial charge in [0.05, 0.1) is 17.2 Å². The zero-order valence-electron chi connectivity index (χ0n) is 8.55. The number of rotatable bonds is 1. The molecule has 0 aliphatic carbocycles.